The molecule has 0 saturated carbocycles. The number of ether oxygens (including phenoxy) is 1. The minimum atomic E-state index is -0.544. The van der Waals surface area contributed by atoms with E-state index in [4.69, 9.17) is 4.74 Å². The van der Waals surface area contributed by atoms with Crippen molar-refractivity contribution in [3.05, 3.63) is 69.9 Å². The fourth-order valence-electron chi connectivity index (χ4n) is 4.44. The number of nitrogens with one attached hydrogen (secondary N) is 2. The van der Waals surface area contributed by atoms with Gasteiger partial charge in [-0.1, -0.05) is 35.9 Å². The van der Waals surface area contributed by atoms with E-state index in [2.05, 4.69) is 15.6 Å². The average Bonchev–Trinajstić information content (AvgIpc) is 3.24. The molecule has 2 aromatic carbocycles. The van der Waals surface area contributed by atoms with Crippen molar-refractivity contribution in [3.8, 4) is 0 Å². The Morgan fingerprint density at radius 2 is 1.73 bits per heavy atom. The third-order valence-corrected chi connectivity index (χ3v) is 5.85. The predicted molar refractivity (Wildman–Crippen MR) is 126 cm³/mol. The van der Waals surface area contributed by atoms with Crippen molar-refractivity contribution in [2.45, 2.75) is 40.0 Å². The lowest BCUT2D eigenvalue weighted by molar-refractivity contribution is -0.126. The highest BCUT2D eigenvalue weighted by atomic mass is 16.5. The van der Waals surface area contributed by atoms with Gasteiger partial charge in [-0.2, -0.15) is 0 Å². The number of esters is 1. The molecule has 170 valence electrons. The number of pyridine rings is 1. The molecule has 7 nitrogen and oxygen atoms in total. The second-order valence-corrected chi connectivity index (χ2v) is 8.46. The van der Waals surface area contributed by atoms with E-state index in [0.29, 0.717) is 5.56 Å². The Kier molecular flexibility index (Phi) is 6.40. The Morgan fingerprint density at radius 1 is 1.00 bits per heavy atom. The highest BCUT2D eigenvalue weighted by molar-refractivity contribution is 6.05. The van der Waals surface area contributed by atoms with E-state index in [9.17, 15) is 14.4 Å². The first-order valence-electron chi connectivity index (χ1n) is 11.1. The van der Waals surface area contributed by atoms with Crippen molar-refractivity contribution in [2.24, 2.45) is 0 Å². The van der Waals surface area contributed by atoms with Gasteiger partial charge in [0.25, 0.3) is 5.91 Å². The quantitative estimate of drug-likeness (QED) is 0.566. The molecule has 4 rings (SSSR count). The van der Waals surface area contributed by atoms with E-state index in [0.717, 1.165) is 63.8 Å². The number of para-hydroxylation sites is 1. The fourth-order valence-corrected chi connectivity index (χ4v) is 4.44. The lowest BCUT2D eigenvalue weighted by Crippen LogP contribution is -2.35. The summed E-state index contributed by atoms with van der Waals surface area (Å²) in [4.78, 5) is 42.1. The number of amides is 2. The molecule has 0 aliphatic heterocycles. The highest BCUT2D eigenvalue weighted by Gasteiger charge is 2.25. The van der Waals surface area contributed by atoms with Crippen LogP contribution in [0, 0.1) is 20.8 Å². The van der Waals surface area contributed by atoms with Gasteiger partial charge < -0.3 is 15.4 Å². The molecule has 1 aliphatic rings. The zero-order valence-electron chi connectivity index (χ0n) is 19.1. The summed E-state index contributed by atoms with van der Waals surface area (Å²) in [7, 11) is 0. The van der Waals surface area contributed by atoms with Gasteiger partial charge in [-0.15, -0.1) is 0 Å². The van der Waals surface area contributed by atoms with Crippen LogP contribution in [0.4, 0.5) is 5.69 Å². The Morgan fingerprint density at radius 3 is 2.48 bits per heavy atom. The number of nitrogens with zero attached hydrogens (tertiary/aromatic N) is 1. The van der Waals surface area contributed by atoms with Crippen LogP contribution in [0.5, 0.6) is 0 Å². The number of aromatic nitrogens is 1. The Hall–Kier alpha value is -3.74. The normalized spacial score (nSPS) is 12.3. The second-order valence-electron chi connectivity index (χ2n) is 8.46. The number of carbonyl (C=O) groups is 3. The van der Waals surface area contributed by atoms with Gasteiger partial charge in [0, 0.05) is 16.8 Å². The number of aryl methyl sites for hydroxylation is 4. The van der Waals surface area contributed by atoms with Crippen LogP contribution in [0.1, 0.15) is 44.7 Å². The lowest BCUT2D eigenvalue weighted by atomic mass is 10.0. The molecule has 0 unspecified atom stereocenters. The van der Waals surface area contributed by atoms with Crippen LogP contribution in [0.15, 0.2) is 36.4 Å². The molecule has 33 heavy (non-hydrogen) atoms. The Balaban J connectivity index is 1.36. The van der Waals surface area contributed by atoms with Crippen LogP contribution in [-0.4, -0.2) is 35.9 Å². The number of fused-ring (bicyclic) bond motifs is 2. The number of anilines is 1. The van der Waals surface area contributed by atoms with Crippen molar-refractivity contribution < 1.29 is 19.1 Å². The van der Waals surface area contributed by atoms with Gasteiger partial charge in [0.1, 0.15) is 0 Å². The minimum absolute atomic E-state index is 0.212. The molecule has 1 aliphatic carbocycles. The molecular formula is C26H27N3O4. The average molecular weight is 446 g/mol. The van der Waals surface area contributed by atoms with Crippen molar-refractivity contribution in [2.75, 3.05) is 18.5 Å². The molecule has 2 amide bonds. The van der Waals surface area contributed by atoms with Crippen molar-refractivity contribution in [1.29, 1.82) is 0 Å². The van der Waals surface area contributed by atoms with Crippen molar-refractivity contribution in [3.63, 3.8) is 0 Å². The molecule has 0 atom stereocenters. The maximum atomic E-state index is 12.9. The molecule has 0 bridgehead atoms. The molecule has 0 fully saturated rings. The van der Waals surface area contributed by atoms with E-state index in [1.165, 1.54) is 0 Å². The summed E-state index contributed by atoms with van der Waals surface area (Å²) in [6, 6.07) is 11.4. The van der Waals surface area contributed by atoms with Crippen LogP contribution in [-0.2, 0) is 27.2 Å². The number of carbonyl (C=O) groups excluding carboxylic acids is 3. The predicted octanol–water partition coefficient (Wildman–Crippen LogP) is 3.56. The number of hydrogen-bond donors (Lipinski definition) is 2. The third kappa shape index (κ3) is 4.87. The monoisotopic (exact) mass is 445 g/mol. The summed E-state index contributed by atoms with van der Waals surface area (Å²) in [5.74, 6) is -1.43. The molecule has 7 heteroatoms. The topological polar surface area (TPSA) is 97.4 Å². The van der Waals surface area contributed by atoms with Crippen LogP contribution in [0.3, 0.4) is 0 Å². The largest absolute Gasteiger partial charge is 0.452 e. The van der Waals surface area contributed by atoms with Gasteiger partial charge >= 0.3 is 5.97 Å². The zero-order valence-corrected chi connectivity index (χ0v) is 19.1. The van der Waals surface area contributed by atoms with Crippen LogP contribution >= 0.6 is 0 Å². The zero-order chi connectivity index (χ0) is 23.5. The van der Waals surface area contributed by atoms with E-state index >= 15 is 0 Å². The number of benzene rings is 2. The Labute approximate surface area is 192 Å². The summed E-state index contributed by atoms with van der Waals surface area (Å²) in [5.41, 5.74) is 6.83. The smallest absolute Gasteiger partial charge is 0.339 e. The molecule has 0 saturated heterocycles. The van der Waals surface area contributed by atoms with Crippen molar-refractivity contribution in [1.82, 2.24) is 10.3 Å². The van der Waals surface area contributed by atoms with Crippen molar-refractivity contribution >= 4 is 34.4 Å². The van der Waals surface area contributed by atoms with Crippen LogP contribution in [0.25, 0.3) is 10.9 Å². The molecule has 1 heterocycles. The standard InChI is InChI=1S/C26H27N3O4/c1-15-11-16(2)25(17(3)12-15)29-22(30)13-27-23(31)14-33-26(32)24-18-7-4-5-9-20(18)28-21-10-6-8-19(21)24/h4-5,7,9,11-12H,6,8,10,13-14H2,1-3H3,(H,27,31)(H,29,30). The maximum absolute atomic E-state index is 12.9. The number of hydrogen-bond acceptors (Lipinski definition) is 5. The van der Waals surface area contributed by atoms with Gasteiger partial charge in [0.15, 0.2) is 6.61 Å². The highest BCUT2D eigenvalue weighted by Crippen LogP contribution is 2.30. The summed E-state index contributed by atoms with van der Waals surface area (Å²) in [6.07, 6.45) is 2.53. The van der Waals surface area contributed by atoms with E-state index in [-0.39, 0.29) is 12.5 Å². The molecule has 1 aromatic heterocycles. The Bertz CT molecular complexity index is 1240. The van der Waals surface area contributed by atoms with Gasteiger partial charge in [0.2, 0.25) is 5.91 Å². The van der Waals surface area contributed by atoms with Crippen LogP contribution in [0.2, 0.25) is 0 Å². The first-order valence-corrected chi connectivity index (χ1v) is 11.1. The molecule has 0 spiro atoms. The summed E-state index contributed by atoms with van der Waals surface area (Å²) in [5, 5.41) is 6.07. The first kappa shape index (κ1) is 22.5. The van der Waals surface area contributed by atoms with Gasteiger partial charge in [-0.3, -0.25) is 14.6 Å². The molecular weight excluding hydrogens is 418 g/mol. The molecule has 3 aromatic rings. The fraction of sp³-hybridized carbons (Fsp3) is 0.308. The first-order chi connectivity index (χ1) is 15.8. The van der Waals surface area contributed by atoms with E-state index in [1.54, 1.807) is 0 Å². The molecule has 2 N–H and O–H groups in total. The maximum Gasteiger partial charge on any atom is 0.339 e. The van der Waals surface area contributed by atoms with Gasteiger partial charge in [-0.25, -0.2) is 4.79 Å². The lowest BCUT2D eigenvalue weighted by Gasteiger charge is -2.14. The SMILES string of the molecule is Cc1cc(C)c(NC(=O)CNC(=O)COC(=O)c2c3c(nc4ccccc24)CCC3)c(C)c1. The minimum Gasteiger partial charge on any atom is -0.452 e. The van der Waals surface area contributed by atoms with E-state index < -0.39 is 18.5 Å². The van der Waals surface area contributed by atoms with Gasteiger partial charge in [-0.05, 0) is 62.8 Å². The van der Waals surface area contributed by atoms with Gasteiger partial charge in [0.05, 0.1) is 17.6 Å². The van der Waals surface area contributed by atoms with Crippen LogP contribution < -0.4 is 10.6 Å². The molecule has 0 radical (unpaired) electrons. The number of rotatable bonds is 6. The second kappa shape index (κ2) is 9.40. The van der Waals surface area contributed by atoms with E-state index in [1.807, 2.05) is 57.2 Å². The summed E-state index contributed by atoms with van der Waals surface area (Å²) >= 11 is 0. The summed E-state index contributed by atoms with van der Waals surface area (Å²) in [6.45, 7) is 5.17. The summed E-state index contributed by atoms with van der Waals surface area (Å²) < 4.78 is 5.31. The third-order valence-electron chi connectivity index (χ3n) is 5.85.